The van der Waals surface area contributed by atoms with Crippen LogP contribution in [0, 0.1) is 0 Å². The largest absolute Gasteiger partial charge is 0.456 e. The number of anilines is 1. The van der Waals surface area contributed by atoms with Crippen LogP contribution in [-0.4, -0.2) is 0 Å². The first-order chi connectivity index (χ1) is 23.1. The van der Waals surface area contributed by atoms with Gasteiger partial charge in [0.25, 0.3) is 0 Å². The Hall–Kier alpha value is -6.06. The normalized spacial score (nSPS) is 17.2. The Bertz CT molecular complexity index is 2450. The lowest BCUT2D eigenvalue weighted by molar-refractivity contribution is 0.668. The predicted octanol–water partition coefficient (Wildman–Crippen LogP) is 11.9. The van der Waals surface area contributed by atoms with E-state index in [-0.39, 0.29) is 0 Å². The van der Waals surface area contributed by atoms with E-state index in [9.17, 15) is 0 Å². The standard InChI is InChI=1S/C44H33NO2/c1-30-12-8-9-26-45(36-15-4-3-5-16-36)27-25-35(28-31(30)2)34-23-24-40-38(29-34)44-33(14-11-20-42(44)47-40)22-21-32-13-10-19-41-43(32)37-17-6-7-18-39(37)46-41/h3-20,23-29H,1-2,21-22H2/b12-8-,26-9-,27-25-,35-28+. The van der Waals surface area contributed by atoms with Crippen molar-refractivity contribution in [3.63, 3.8) is 0 Å². The van der Waals surface area contributed by atoms with Crippen molar-refractivity contribution in [3.05, 3.63) is 193 Å². The second-order valence-corrected chi connectivity index (χ2v) is 11.9. The Morgan fingerprint density at radius 2 is 1.19 bits per heavy atom. The van der Waals surface area contributed by atoms with E-state index in [1.165, 1.54) is 21.9 Å². The average Bonchev–Trinajstić information content (AvgIpc) is 3.67. The lowest BCUT2D eigenvalue weighted by Crippen LogP contribution is -2.06. The highest BCUT2D eigenvalue weighted by atomic mass is 16.3. The van der Waals surface area contributed by atoms with Gasteiger partial charge in [0.05, 0.1) is 0 Å². The van der Waals surface area contributed by atoms with Gasteiger partial charge in [0.1, 0.15) is 22.3 Å². The number of benzene rings is 5. The Labute approximate surface area is 274 Å². The van der Waals surface area contributed by atoms with Gasteiger partial charge in [-0.1, -0.05) is 92.0 Å². The fraction of sp³-hybridized carbons (Fsp3) is 0.0455. The Morgan fingerprint density at radius 1 is 0.532 bits per heavy atom. The summed E-state index contributed by atoms with van der Waals surface area (Å²) in [7, 11) is 0. The molecule has 2 aromatic heterocycles. The molecule has 0 N–H and O–H groups in total. The molecule has 7 aromatic rings. The van der Waals surface area contributed by atoms with Gasteiger partial charge >= 0.3 is 0 Å². The van der Waals surface area contributed by atoms with Crippen LogP contribution < -0.4 is 4.90 Å². The second-order valence-electron chi connectivity index (χ2n) is 11.9. The van der Waals surface area contributed by atoms with Crippen LogP contribution in [0.3, 0.4) is 0 Å². The molecule has 0 amide bonds. The monoisotopic (exact) mass is 607 g/mol. The molecule has 47 heavy (non-hydrogen) atoms. The molecule has 0 bridgehead atoms. The zero-order valence-electron chi connectivity index (χ0n) is 26.0. The summed E-state index contributed by atoms with van der Waals surface area (Å²) in [4.78, 5) is 2.11. The van der Waals surface area contributed by atoms with Gasteiger partial charge in [-0.2, -0.15) is 0 Å². The third kappa shape index (κ3) is 5.43. The third-order valence-corrected chi connectivity index (χ3v) is 8.93. The van der Waals surface area contributed by atoms with Gasteiger partial charge in [-0.05, 0) is 107 Å². The minimum atomic E-state index is 0.862. The van der Waals surface area contributed by atoms with Crippen molar-refractivity contribution in [1.29, 1.82) is 0 Å². The van der Waals surface area contributed by atoms with Gasteiger partial charge in [0, 0.05) is 39.6 Å². The minimum Gasteiger partial charge on any atom is -0.456 e. The van der Waals surface area contributed by atoms with E-state index in [2.05, 4.69) is 115 Å². The van der Waals surface area contributed by atoms with Crippen LogP contribution in [0.2, 0.25) is 0 Å². The number of rotatable bonds is 5. The van der Waals surface area contributed by atoms with Gasteiger partial charge in [0.15, 0.2) is 0 Å². The van der Waals surface area contributed by atoms with Gasteiger partial charge in [-0.3, -0.25) is 0 Å². The number of para-hydroxylation sites is 2. The van der Waals surface area contributed by atoms with Crippen molar-refractivity contribution < 1.29 is 8.83 Å². The summed E-state index contributed by atoms with van der Waals surface area (Å²) in [5.74, 6) is 0. The summed E-state index contributed by atoms with van der Waals surface area (Å²) in [6, 6.07) is 37.8. The van der Waals surface area contributed by atoms with Crippen LogP contribution in [0.1, 0.15) is 16.7 Å². The first kappa shape index (κ1) is 28.4. The molecule has 8 rings (SSSR count). The Balaban J connectivity index is 1.20. The van der Waals surface area contributed by atoms with E-state index in [0.717, 1.165) is 73.9 Å². The predicted molar refractivity (Wildman–Crippen MR) is 197 cm³/mol. The molecule has 1 aliphatic rings. The van der Waals surface area contributed by atoms with Gasteiger partial charge in [-0.15, -0.1) is 0 Å². The van der Waals surface area contributed by atoms with Crippen LogP contribution in [0.5, 0.6) is 0 Å². The molecule has 0 radical (unpaired) electrons. The number of hydrogen-bond acceptors (Lipinski definition) is 3. The molecule has 0 saturated heterocycles. The maximum atomic E-state index is 6.40. The fourth-order valence-corrected chi connectivity index (χ4v) is 6.53. The number of aryl methyl sites for hydroxylation is 2. The number of nitrogens with zero attached hydrogens (tertiary/aromatic N) is 1. The van der Waals surface area contributed by atoms with Crippen LogP contribution in [0.15, 0.2) is 185 Å². The Morgan fingerprint density at radius 3 is 1.96 bits per heavy atom. The van der Waals surface area contributed by atoms with Crippen LogP contribution in [0.25, 0.3) is 49.5 Å². The van der Waals surface area contributed by atoms with Crippen molar-refractivity contribution in [2.24, 2.45) is 0 Å². The smallest absolute Gasteiger partial charge is 0.135 e. The summed E-state index contributed by atoms with van der Waals surface area (Å²) in [6.07, 6.45) is 16.2. The third-order valence-electron chi connectivity index (χ3n) is 8.93. The lowest BCUT2D eigenvalue weighted by atomic mass is 9.95. The maximum absolute atomic E-state index is 6.40. The zero-order valence-corrected chi connectivity index (χ0v) is 26.0. The summed E-state index contributed by atoms with van der Waals surface area (Å²) in [5.41, 5.74) is 11.1. The number of furan rings is 2. The summed E-state index contributed by atoms with van der Waals surface area (Å²) < 4.78 is 12.6. The summed E-state index contributed by atoms with van der Waals surface area (Å²) >= 11 is 0. The molecule has 0 saturated carbocycles. The second kappa shape index (κ2) is 12.0. The van der Waals surface area contributed by atoms with E-state index >= 15 is 0 Å². The molecule has 3 heterocycles. The topological polar surface area (TPSA) is 29.5 Å². The molecule has 0 unspecified atom stereocenters. The molecule has 0 atom stereocenters. The van der Waals surface area contributed by atoms with Crippen LogP contribution in [0.4, 0.5) is 5.69 Å². The molecular formula is C44H33NO2. The van der Waals surface area contributed by atoms with E-state index in [1.807, 2.05) is 54.8 Å². The highest BCUT2D eigenvalue weighted by Gasteiger charge is 2.15. The summed E-state index contributed by atoms with van der Waals surface area (Å²) in [6.45, 7) is 8.59. The molecule has 5 aromatic carbocycles. The van der Waals surface area contributed by atoms with E-state index in [1.54, 1.807) is 0 Å². The number of hydrogen-bond donors (Lipinski definition) is 0. The highest BCUT2D eigenvalue weighted by Crippen LogP contribution is 2.36. The molecule has 3 nitrogen and oxygen atoms in total. The van der Waals surface area contributed by atoms with E-state index in [4.69, 9.17) is 8.83 Å². The van der Waals surface area contributed by atoms with Gasteiger partial charge < -0.3 is 13.7 Å². The van der Waals surface area contributed by atoms with E-state index < -0.39 is 0 Å². The first-order valence-electron chi connectivity index (χ1n) is 15.9. The van der Waals surface area contributed by atoms with Crippen molar-refractivity contribution in [1.82, 2.24) is 0 Å². The molecular weight excluding hydrogens is 574 g/mol. The number of allylic oxidation sites excluding steroid dienone is 8. The quantitative estimate of drug-likeness (QED) is 0.195. The minimum absolute atomic E-state index is 0.862. The van der Waals surface area contributed by atoms with Crippen LogP contribution in [-0.2, 0) is 12.8 Å². The summed E-state index contributed by atoms with van der Waals surface area (Å²) in [5, 5.41) is 4.64. The van der Waals surface area contributed by atoms with Gasteiger partial charge in [0.2, 0.25) is 0 Å². The zero-order chi connectivity index (χ0) is 31.7. The molecule has 0 aliphatic carbocycles. The highest BCUT2D eigenvalue weighted by molar-refractivity contribution is 6.08. The maximum Gasteiger partial charge on any atom is 0.135 e. The van der Waals surface area contributed by atoms with Crippen LogP contribution >= 0.6 is 0 Å². The molecule has 0 spiro atoms. The molecule has 0 fully saturated rings. The molecule has 1 aliphatic heterocycles. The lowest BCUT2D eigenvalue weighted by Gasteiger charge is -2.16. The number of fused-ring (bicyclic) bond motifs is 6. The fourth-order valence-electron chi connectivity index (χ4n) is 6.53. The first-order valence-corrected chi connectivity index (χ1v) is 15.9. The Kier molecular flexibility index (Phi) is 7.28. The van der Waals surface area contributed by atoms with Crippen molar-refractivity contribution >= 4 is 55.1 Å². The van der Waals surface area contributed by atoms with E-state index in [0.29, 0.717) is 0 Å². The van der Waals surface area contributed by atoms with Crippen molar-refractivity contribution in [2.75, 3.05) is 4.90 Å². The van der Waals surface area contributed by atoms with Crippen molar-refractivity contribution in [2.45, 2.75) is 12.8 Å². The average molecular weight is 608 g/mol. The van der Waals surface area contributed by atoms with Gasteiger partial charge in [-0.25, -0.2) is 0 Å². The molecule has 3 heteroatoms. The SMILES string of the molecule is C=C1/C=C\C=C/N(c2ccccc2)/C=C\C(c2ccc3oc4cccc(CCc5cccc6oc7ccccc7c56)c4c3c2)=C/C1=C. The van der Waals surface area contributed by atoms with Crippen molar-refractivity contribution in [3.8, 4) is 0 Å². The molecule has 226 valence electrons.